The Labute approximate surface area is 97.1 Å². The smallest absolute Gasteiger partial charge is 0.119 e. The molecule has 3 heteroatoms. The lowest BCUT2D eigenvalue weighted by molar-refractivity contribution is 0.453. The zero-order valence-electron chi connectivity index (χ0n) is 10.1. The summed E-state index contributed by atoms with van der Waals surface area (Å²) >= 11 is 0. The summed E-state index contributed by atoms with van der Waals surface area (Å²) in [5.74, 6) is 0.464. The van der Waals surface area contributed by atoms with Gasteiger partial charge in [-0.15, -0.1) is 0 Å². The number of hydrogen-bond donors (Lipinski definition) is 3. The molecule has 2 rings (SSSR count). The van der Waals surface area contributed by atoms with Gasteiger partial charge < -0.3 is 15.5 Å². The summed E-state index contributed by atoms with van der Waals surface area (Å²) in [6, 6.07) is 3.09. The molecule has 0 spiro atoms. The molecule has 0 aromatic heterocycles. The first-order valence-electron chi connectivity index (χ1n) is 5.81. The lowest BCUT2D eigenvalue weighted by Crippen LogP contribution is -2.21. The predicted molar refractivity (Wildman–Crippen MR) is 66.0 cm³/mol. The second kappa shape index (κ2) is 6.38. The fourth-order valence-corrected chi connectivity index (χ4v) is 1.59. The minimum absolute atomic E-state index is 0.232. The number of phenols is 2. The van der Waals surface area contributed by atoms with Crippen LogP contribution in [-0.4, -0.2) is 23.3 Å². The molecule has 3 nitrogen and oxygen atoms in total. The molecule has 1 fully saturated rings. The van der Waals surface area contributed by atoms with Crippen LogP contribution in [-0.2, 0) is 0 Å². The highest BCUT2D eigenvalue weighted by Crippen LogP contribution is 2.25. The molecule has 0 saturated carbocycles. The van der Waals surface area contributed by atoms with Crippen molar-refractivity contribution in [3.05, 3.63) is 23.3 Å². The minimum atomic E-state index is 0.232. The molecule has 1 saturated heterocycles. The van der Waals surface area contributed by atoms with Crippen molar-refractivity contribution >= 4 is 0 Å². The van der Waals surface area contributed by atoms with Gasteiger partial charge >= 0.3 is 0 Å². The summed E-state index contributed by atoms with van der Waals surface area (Å²) in [5.41, 5.74) is 1.39. The van der Waals surface area contributed by atoms with Gasteiger partial charge in [-0.05, 0) is 63.0 Å². The Morgan fingerprint density at radius 1 is 0.875 bits per heavy atom. The fourth-order valence-electron chi connectivity index (χ4n) is 1.59. The van der Waals surface area contributed by atoms with Crippen molar-refractivity contribution in [3.8, 4) is 11.5 Å². The average molecular weight is 223 g/mol. The minimum Gasteiger partial charge on any atom is -0.508 e. The number of aromatic hydroxyl groups is 2. The number of rotatable bonds is 0. The SMILES string of the molecule is C1CCNCC1.Cc1cc(O)c(C)cc1O. The molecule has 0 atom stereocenters. The molecule has 0 unspecified atom stereocenters. The number of nitrogens with one attached hydrogen (secondary N) is 1. The monoisotopic (exact) mass is 223 g/mol. The number of phenolic OH excluding ortho intramolecular Hbond substituents is 2. The molecule has 90 valence electrons. The molecule has 1 aliphatic heterocycles. The maximum atomic E-state index is 9.11. The molecule has 0 amide bonds. The Kier molecular flexibility index (Phi) is 5.12. The van der Waals surface area contributed by atoms with E-state index >= 15 is 0 Å². The van der Waals surface area contributed by atoms with E-state index in [-0.39, 0.29) is 11.5 Å². The van der Waals surface area contributed by atoms with Crippen molar-refractivity contribution in [1.29, 1.82) is 0 Å². The van der Waals surface area contributed by atoms with Crippen molar-refractivity contribution < 1.29 is 10.2 Å². The third-order valence-corrected chi connectivity index (χ3v) is 2.72. The second-order valence-electron chi connectivity index (χ2n) is 4.24. The molecular formula is C13H21NO2. The summed E-state index contributed by atoms with van der Waals surface area (Å²) in [4.78, 5) is 0. The van der Waals surface area contributed by atoms with Gasteiger partial charge in [-0.3, -0.25) is 0 Å². The number of aryl methyl sites for hydroxylation is 2. The highest BCUT2D eigenvalue weighted by Gasteiger charge is 1.99. The van der Waals surface area contributed by atoms with Crippen molar-refractivity contribution in [1.82, 2.24) is 5.32 Å². The Bertz CT molecular complexity index is 271. The maximum absolute atomic E-state index is 9.11. The van der Waals surface area contributed by atoms with E-state index in [1.54, 1.807) is 26.0 Å². The zero-order chi connectivity index (χ0) is 12.0. The zero-order valence-corrected chi connectivity index (χ0v) is 10.1. The molecule has 3 N–H and O–H groups in total. The quantitative estimate of drug-likeness (QED) is 0.592. The molecule has 1 aromatic carbocycles. The van der Waals surface area contributed by atoms with Gasteiger partial charge in [0, 0.05) is 0 Å². The van der Waals surface area contributed by atoms with Crippen molar-refractivity contribution in [3.63, 3.8) is 0 Å². The number of benzene rings is 1. The molecule has 0 aliphatic carbocycles. The van der Waals surface area contributed by atoms with Crippen molar-refractivity contribution in [2.24, 2.45) is 0 Å². The summed E-state index contributed by atoms with van der Waals surface area (Å²) in [6.45, 7) is 5.99. The van der Waals surface area contributed by atoms with Gasteiger partial charge in [0.1, 0.15) is 11.5 Å². The van der Waals surface area contributed by atoms with Crippen LogP contribution >= 0.6 is 0 Å². The first kappa shape index (κ1) is 12.8. The van der Waals surface area contributed by atoms with E-state index < -0.39 is 0 Å². The largest absolute Gasteiger partial charge is 0.508 e. The van der Waals surface area contributed by atoms with Crippen LogP contribution in [0.5, 0.6) is 11.5 Å². The van der Waals surface area contributed by atoms with Crippen LogP contribution in [0, 0.1) is 13.8 Å². The van der Waals surface area contributed by atoms with Crippen LogP contribution in [0.25, 0.3) is 0 Å². The van der Waals surface area contributed by atoms with Gasteiger partial charge in [-0.25, -0.2) is 0 Å². The third kappa shape index (κ3) is 4.11. The lowest BCUT2D eigenvalue weighted by atomic mass is 10.1. The van der Waals surface area contributed by atoms with Gasteiger partial charge in [0.05, 0.1) is 0 Å². The molecule has 16 heavy (non-hydrogen) atoms. The number of hydrogen-bond acceptors (Lipinski definition) is 3. The molecule has 1 heterocycles. The van der Waals surface area contributed by atoms with Crippen LogP contribution in [0.2, 0.25) is 0 Å². The van der Waals surface area contributed by atoms with E-state index in [9.17, 15) is 0 Å². The van der Waals surface area contributed by atoms with E-state index in [0.717, 1.165) is 0 Å². The second-order valence-corrected chi connectivity index (χ2v) is 4.24. The van der Waals surface area contributed by atoms with E-state index in [2.05, 4.69) is 5.32 Å². The molecule has 1 aromatic rings. The number of piperidine rings is 1. The molecule has 1 aliphatic rings. The van der Waals surface area contributed by atoms with Gasteiger partial charge in [-0.1, -0.05) is 6.42 Å². The van der Waals surface area contributed by atoms with E-state index in [1.165, 1.54) is 32.4 Å². The third-order valence-electron chi connectivity index (χ3n) is 2.72. The summed E-state index contributed by atoms with van der Waals surface area (Å²) in [7, 11) is 0. The Hall–Kier alpha value is -1.22. The van der Waals surface area contributed by atoms with Crippen LogP contribution in [0.1, 0.15) is 30.4 Å². The van der Waals surface area contributed by atoms with Crippen molar-refractivity contribution in [2.45, 2.75) is 33.1 Å². The van der Waals surface area contributed by atoms with Crippen LogP contribution in [0.4, 0.5) is 0 Å². The van der Waals surface area contributed by atoms with Gasteiger partial charge in [0.25, 0.3) is 0 Å². The Balaban J connectivity index is 0.000000181. The fraction of sp³-hybridized carbons (Fsp3) is 0.538. The lowest BCUT2D eigenvalue weighted by Gasteiger charge is -2.08. The van der Waals surface area contributed by atoms with Crippen LogP contribution < -0.4 is 5.32 Å². The van der Waals surface area contributed by atoms with E-state index in [0.29, 0.717) is 11.1 Å². The topological polar surface area (TPSA) is 52.5 Å². The van der Waals surface area contributed by atoms with Gasteiger partial charge in [-0.2, -0.15) is 0 Å². The maximum Gasteiger partial charge on any atom is 0.119 e. The highest BCUT2D eigenvalue weighted by atomic mass is 16.3. The molecular weight excluding hydrogens is 202 g/mol. The van der Waals surface area contributed by atoms with Gasteiger partial charge in [0.15, 0.2) is 0 Å². The van der Waals surface area contributed by atoms with E-state index in [1.807, 2.05) is 0 Å². The Morgan fingerprint density at radius 2 is 1.31 bits per heavy atom. The first-order valence-corrected chi connectivity index (χ1v) is 5.81. The molecule has 0 bridgehead atoms. The molecule has 0 radical (unpaired) electrons. The van der Waals surface area contributed by atoms with E-state index in [4.69, 9.17) is 10.2 Å². The van der Waals surface area contributed by atoms with Crippen LogP contribution in [0.3, 0.4) is 0 Å². The average Bonchev–Trinajstić information content (AvgIpc) is 2.30. The van der Waals surface area contributed by atoms with Crippen molar-refractivity contribution in [2.75, 3.05) is 13.1 Å². The summed E-state index contributed by atoms with van der Waals surface area (Å²) in [5, 5.41) is 21.5. The highest BCUT2D eigenvalue weighted by molar-refractivity contribution is 5.43. The summed E-state index contributed by atoms with van der Waals surface area (Å²) in [6.07, 6.45) is 4.22. The predicted octanol–water partition coefficient (Wildman–Crippen LogP) is 2.47. The standard InChI is InChI=1S/C8H10O2.C5H11N/c1-5-3-8(10)6(2)4-7(5)9;1-2-4-6-5-3-1/h3-4,9-10H,1-2H3;6H,1-5H2. The van der Waals surface area contributed by atoms with Gasteiger partial charge in [0.2, 0.25) is 0 Å². The van der Waals surface area contributed by atoms with Crippen LogP contribution in [0.15, 0.2) is 12.1 Å². The first-order chi connectivity index (χ1) is 7.61. The summed E-state index contributed by atoms with van der Waals surface area (Å²) < 4.78 is 0. The normalized spacial score (nSPS) is 15.1. The Morgan fingerprint density at radius 3 is 1.56 bits per heavy atom.